The molecule has 0 aromatic rings. The number of allylic oxidation sites excluding steroid dienone is 6. The van der Waals surface area contributed by atoms with Crippen LogP contribution in [0.1, 0.15) is 219 Å². The summed E-state index contributed by atoms with van der Waals surface area (Å²) in [5, 5.41) is 11.8. The van der Waals surface area contributed by atoms with E-state index < -0.39 is 5.79 Å². The average Bonchev–Trinajstić information content (AvgIpc) is 3.56. The zero-order valence-electron chi connectivity index (χ0n) is 35.1. The molecule has 1 unspecified atom stereocenters. The molecule has 0 bridgehead atoms. The van der Waals surface area contributed by atoms with Crippen molar-refractivity contribution >= 4 is 5.97 Å². The molecule has 5 nitrogen and oxygen atoms in total. The fraction of sp³-hybridized carbons (Fsp3) is 0.851. The molecular weight excluding hydrogens is 643 g/mol. The van der Waals surface area contributed by atoms with E-state index in [0.29, 0.717) is 32.2 Å². The van der Waals surface area contributed by atoms with Crippen LogP contribution >= 0.6 is 0 Å². The maximum atomic E-state index is 12.3. The Morgan fingerprint density at radius 3 is 1.50 bits per heavy atom. The zero-order valence-corrected chi connectivity index (χ0v) is 35.1. The van der Waals surface area contributed by atoms with Crippen LogP contribution in [0.2, 0.25) is 0 Å². The number of carbonyl (C=O) groups excluding carboxylic acids is 1. The second kappa shape index (κ2) is 35.3. The summed E-state index contributed by atoms with van der Waals surface area (Å²) in [7, 11) is 3.94. The predicted octanol–water partition coefficient (Wildman–Crippen LogP) is 13.7. The van der Waals surface area contributed by atoms with E-state index in [1.165, 1.54) is 135 Å². The molecule has 0 spiro atoms. The van der Waals surface area contributed by atoms with E-state index in [0.717, 1.165) is 44.9 Å². The summed E-state index contributed by atoms with van der Waals surface area (Å²) in [6, 6.07) is 0. The number of aliphatic hydroxyl groups is 1. The molecule has 1 fully saturated rings. The predicted molar refractivity (Wildman–Crippen MR) is 225 cm³/mol. The van der Waals surface area contributed by atoms with Crippen LogP contribution in [0.4, 0.5) is 0 Å². The number of esters is 1. The average molecular weight is 730 g/mol. The molecule has 0 amide bonds. The van der Waals surface area contributed by atoms with E-state index in [1.54, 1.807) is 0 Å². The Labute approximate surface area is 323 Å². The van der Waals surface area contributed by atoms with Crippen LogP contribution < -0.4 is 0 Å². The molecule has 1 rings (SSSR count). The largest absolute Gasteiger partial charge is 0.462 e. The Hall–Kier alpha value is -1.43. The van der Waals surface area contributed by atoms with Crippen molar-refractivity contribution in [3.8, 4) is 0 Å². The van der Waals surface area contributed by atoms with Crippen LogP contribution in [0.15, 0.2) is 36.5 Å². The molecule has 0 heterocycles. The van der Waals surface area contributed by atoms with Crippen LogP contribution in [-0.4, -0.2) is 54.6 Å². The lowest BCUT2D eigenvalue weighted by molar-refractivity contribution is -0.238. The second-order valence-corrected chi connectivity index (χ2v) is 16.2. The quantitative estimate of drug-likeness (QED) is 0.0299. The van der Waals surface area contributed by atoms with Gasteiger partial charge in [0.05, 0.1) is 12.5 Å². The first kappa shape index (κ1) is 48.6. The van der Waals surface area contributed by atoms with Crippen molar-refractivity contribution in [2.24, 2.45) is 0 Å². The van der Waals surface area contributed by atoms with Crippen molar-refractivity contribution < 1.29 is 19.4 Å². The number of ether oxygens (including phenoxy) is 2. The molecule has 0 aromatic heterocycles. The van der Waals surface area contributed by atoms with Gasteiger partial charge in [-0.1, -0.05) is 147 Å². The van der Waals surface area contributed by atoms with Crippen LogP contribution in [-0.2, 0) is 14.3 Å². The van der Waals surface area contributed by atoms with Crippen molar-refractivity contribution in [1.29, 1.82) is 0 Å². The van der Waals surface area contributed by atoms with Crippen LogP contribution in [0.5, 0.6) is 0 Å². The Bertz CT molecular complexity index is 883. The van der Waals surface area contributed by atoms with E-state index in [9.17, 15) is 9.90 Å². The summed E-state index contributed by atoms with van der Waals surface area (Å²) in [5.74, 6) is -1.19. The third-order valence-corrected chi connectivity index (χ3v) is 10.6. The Kier molecular flexibility index (Phi) is 33.0. The fourth-order valence-electron chi connectivity index (χ4n) is 7.27. The number of rotatable bonds is 37. The van der Waals surface area contributed by atoms with Gasteiger partial charge in [-0.25, -0.2) is 0 Å². The van der Waals surface area contributed by atoms with Gasteiger partial charge in [-0.05, 0) is 97.6 Å². The highest BCUT2D eigenvalue weighted by Crippen LogP contribution is 2.33. The number of hydrogen-bond acceptors (Lipinski definition) is 5. The monoisotopic (exact) mass is 730 g/mol. The molecule has 0 aliphatic heterocycles. The van der Waals surface area contributed by atoms with Gasteiger partial charge in [-0.2, -0.15) is 0 Å². The molecule has 5 heteroatoms. The van der Waals surface area contributed by atoms with Crippen molar-refractivity contribution in [1.82, 2.24) is 4.90 Å². The Morgan fingerprint density at radius 1 is 0.596 bits per heavy atom. The minimum Gasteiger partial charge on any atom is -0.462 e. The second-order valence-electron chi connectivity index (χ2n) is 16.2. The Balaban J connectivity index is 2.32. The normalized spacial score (nSPS) is 17.7. The molecule has 3 atom stereocenters. The number of carbonyl (C=O) groups is 1. The smallest absolute Gasteiger partial charge is 0.307 e. The molecule has 1 N–H and O–H groups in total. The van der Waals surface area contributed by atoms with E-state index in [4.69, 9.17) is 9.47 Å². The Morgan fingerprint density at radius 2 is 1.00 bits per heavy atom. The lowest BCUT2D eigenvalue weighted by Gasteiger charge is -2.32. The number of nitrogens with zero attached hydrogens (tertiary/aromatic N) is 1. The van der Waals surface area contributed by atoms with Gasteiger partial charge in [0.25, 0.3) is 0 Å². The zero-order chi connectivity index (χ0) is 37.8. The first-order valence-electron chi connectivity index (χ1n) is 22.6. The maximum Gasteiger partial charge on any atom is 0.307 e. The van der Waals surface area contributed by atoms with E-state index >= 15 is 0 Å². The number of hydrogen-bond donors (Lipinski definition) is 1. The van der Waals surface area contributed by atoms with Gasteiger partial charge in [0.2, 0.25) is 0 Å². The van der Waals surface area contributed by atoms with Crippen molar-refractivity contribution in [3.05, 3.63) is 36.5 Å². The third-order valence-electron chi connectivity index (χ3n) is 10.6. The molecule has 1 aliphatic rings. The molecule has 52 heavy (non-hydrogen) atoms. The van der Waals surface area contributed by atoms with Crippen LogP contribution in [0.25, 0.3) is 0 Å². The van der Waals surface area contributed by atoms with Gasteiger partial charge < -0.3 is 19.5 Å². The van der Waals surface area contributed by atoms with E-state index in [1.807, 2.05) is 19.0 Å². The SMILES string of the molecule is CCCCC/C=C\C/C=C\CCCCCCCCC(O)(CCCCCCCC/C=C\CCCCCCCC)O[C@@H]1CC[C@@H](OC(=O)CCN(C)C)C1. The van der Waals surface area contributed by atoms with Gasteiger partial charge >= 0.3 is 5.97 Å². The lowest BCUT2D eigenvalue weighted by Crippen LogP contribution is -2.36. The first-order valence-corrected chi connectivity index (χ1v) is 22.6. The molecule has 304 valence electrons. The fourth-order valence-corrected chi connectivity index (χ4v) is 7.27. The summed E-state index contributed by atoms with van der Waals surface area (Å²) < 4.78 is 12.2. The maximum absolute atomic E-state index is 12.3. The molecule has 0 aromatic carbocycles. The minimum absolute atomic E-state index is 0.0321. The van der Waals surface area contributed by atoms with Crippen LogP contribution in [0, 0.1) is 0 Å². The highest BCUT2D eigenvalue weighted by Gasteiger charge is 2.35. The molecular formula is C47H87NO4. The summed E-state index contributed by atoms with van der Waals surface area (Å²) in [4.78, 5) is 14.3. The third kappa shape index (κ3) is 31.0. The first-order chi connectivity index (χ1) is 25.4. The molecule has 1 saturated carbocycles. The van der Waals surface area contributed by atoms with E-state index in [-0.39, 0.29) is 18.2 Å². The van der Waals surface area contributed by atoms with Crippen LogP contribution in [0.3, 0.4) is 0 Å². The minimum atomic E-state index is -1.06. The summed E-state index contributed by atoms with van der Waals surface area (Å²) >= 11 is 0. The molecule has 1 aliphatic carbocycles. The van der Waals surface area contributed by atoms with Gasteiger partial charge in [0.15, 0.2) is 5.79 Å². The molecule has 0 saturated heterocycles. The standard InChI is InChI=1S/C47H87NO4/c1-5-7-9-11-13-15-17-19-21-23-25-27-29-31-33-35-40-47(50,52-45-38-37-44(43-45)51-46(49)39-42-48(3)4)41-36-34-32-30-28-26-24-22-20-18-16-14-12-10-8-6-2/h13,15,19-22,44-45,50H,5-12,14,16-18,23-43H2,1-4H3/b15-13-,21-19-,22-20-/t44-,45-,47?/m1/s1. The van der Waals surface area contributed by atoms with Crippen molar-refractivity contribution in [2.75, 3.05) is 20.6 Å². The molecule has 0 radical (unpaired) electrons. The highest BCUT2D eigenvalue weighted by molar-refractivity contribution is 5.69. The number of unbranched alkanes of at least 4 members (excludes halogenated alkanes) is 21. The highest BCUT2D eigenvalue weighted by atomic mass is 16.6. The summed E-state index contributed by atoms with van der Waals surface area (Å²) in [5.41, 5.74) is 0. The lowest BCUT2D eigenvalue weighted by atomic mass is 9.98. The van der Waals surface area contributed by atoms with E-state index in [2.05, 4.69) is 50.3 Å². The van der Waals surface area contributed by atoms with Gasteiger partial charge in [0, 0.05) is 25.8 Å². The van der Waals surface area contributed by atoms with Gasteiger partial charge in [-0.15, -0.1) is 0 Å². The topological polar surface area (TPSA) is 59.0 Å². The van der Waals surface area contributed by atoms with Crippen molar-refractivity contribution in [2.45, 2.75) is 237 Å². The summed E-state index contributed by atoms with van der Waals surface area (Å²) in [6.07, 6.45) is 50.8. The van der Waals surface area contributed by atoms with Gasteiger partial charge in [-0.3, -0.25) is 4.79 Å². The van der Waals surface area contributed by atoms with Crippen molar-refractivity contribution in [3.63, 3.8) is 0 Å². The van der Waals surface area contributed by atoms with Gasteiger partial charge in [0.1, 0.15) is 6.10 Å². The summed E-state index contributed by atoms with van der Waals surface area (Å²) in [6.45, 7) is 5.24.